The molecule has 0 fully saturated rings. The average molecular weight is 211 g/mol. The topological polar surface area (TPSA) is 73.6 Å². The van der Waals surface area contributed by atoms with Crippen LogP contribution >= 0.6 is 11.8 Å². The third-order valence-corrected chi connectivity index (χ3v) is 2.55. The van der Waals surface area contributed by atoms with Gasteiger partial charge in [0.15, 0.2) is 5.17 Å². The summed E-state index contributed by atoms with van der Waals surface area (Å²) in [5, 5.41) is 3.76. The molecule has 0 aromatic heterocycles. The molecule has 0 spiro atoms. The van der Waals surface area contributed by atoms with Gasteiger partial charge in [0.05, 0.1) is 7.11 Å². The van der Waals surface area contributed by atoms with Crippen LogP contribution in [0, 0.1) is 0 Å². The summed E-state index contributed by atoms with van der Waals surface area (Å²) in [4.78, 5) is 0. The number of hydrogen-bond acceptors (Lipinski definition) is 4. The van der Waals surface area contributed by atoms with E-state index in [0.717, 1.165) is 17.1 Å². The lowest BCUT2D eigenvalue weighted by Crippen LogP contribution is -2.09. The highest BCUT2D eigenvalue weighted by Crippen LogP contribution is 2.16. The standard InChI is InChI=1S/C9H13N3OS/c1-13-8-4-2-7(3-5-8)6-14-9(10)12-11/h2-5H,6,11H2,1H3,(H2,10,12). The Morgan fingerprint density at radius 1 is 1.43 bits per heavy atom. The normalized spacial score (nSPS) is 11.4. The molecule has 0 atom stereocenters. The van der Waals surface area contributed by atoms with Crippen molar-refractivity contribution in [2.24, 2.45) is 16.7 Å². The van der Waals surface area contributed by atoms with Gasteiger partial charge in [-0.3, -0.25) is 0 Å². The molecule has 0 radical (unpaired) electrons. The van der Waals surface area contributed by atoms with E-state index in [1.54, 1.807) is 7.11 Å². The number of methoxy groups -OCH3 is 1. The van der Waals surface area contributed by atoms with Gasteiger partial charge in [-0.1, -0.05) is 23.9 Å². The lowest BCUT2D eigenvalue weighted by Gasteiger charge is -2.02. The molecule has 14 heavy (non-hydrogen) atoms. The van der Waals surface area contributed by atoms with Crippen LogP contribution in [0.25, 0.3) is 0 Å². The number of benzene rings is 1. The predicted molar refractivity (Wildman–Crippen MR) is 60.1 cm³/mol. The molecule has 1 rings (SSSR count). The van der Waals surface area contributed by atoms with Crippen molar-refractivity contribution in [3.05, 3.63) is 29.8 Å². The smallest absolute Gasteiger partial charge is 0.177 e. The molecule has 0 saturated carbocycles. The minimum Gasteiger partial charge on any atom is -0.497 e. The average Bonchev–Trinajstić information content (AvgIpc) is 2.26. The summed E-state index contributed by atoms with van der Waals surface area (Å²) in [7, 11) is 1.64. The van der Waals surface area contributed by atoms with Crippen molar-refractivity contribution in [3.63, 3.8) is 0 Å². The molecule has 0 amide bonds. The zero-order chi connectivity index (χ0) is 10.4. The van der Waals surface area contributed by atoms with E-state index in [4.69, 9.17) is 16.3 Å². The van der Waals surface area contributed by atoms with Crippen LogP contribution in [0.1, 0.15) is 5.56 Å². The van der Waals surface area contributed by atoms with E-state index in [1.165, 1.54) is 11.8 Å². The molecule has 4 nitrogen and oxygen atoms in total. The monoisotopic (exact) mass is 211 g/mol. The van der Waals surface area contributed by atoms with Gasteiger partial charge in [0.25, 0.3) is 0 Å². The zero-order valence-electron chi connectivity index (χ0n) is 7.93. The molecule has 0 heterocycles. The Kier molecular flexibility index (Phi) is 4.12. The van der Waals surface area contributed by atoms with Crippen molar-refractivity contribution in [2.45, 2.75) is 5.75 Å². The maximum atomic E-state index is 5.44. The van der Waals surface area contributed by atoms with Crippen molar-refractivity contribution in [2.75, 3.05) is 7.11 Å². The first-order valence-electron chi connectivity index (χ1n) is 4.05. The highest BCUT2D eigenvalue weighted by atomic mass is 32.2. The lowest BCUT2D eigenvalue weighted by atomic mass is 10.2. The van der Waals surface area contributed by atoms with Crippen LogP contribution in [0.3, 0.4) is 0 Å². The van der Waals surface area contributed by atoms with E-state index in [2.05, 4.69) is 5.10 Å². The summed E-state index contributed by atoms with van der Waals surface area (Å²) < 4.78 is 5.04. The van der Waals surface area contributed by atoms with Crippen molar-refractivity contribution in [1.29, 1.82) is 0 Å². The summed E-state index contributed by atoms with van der Waals surface area (Å²) in [5.74, 6) is 6.61. The SMILES string of the molecule is COc1ccc(CSC(N)=NN)cc1. The second-order valence-electron chi connectivity index (χ2n) is 2.60. The largest absolute Gasteiger partial charge is 0.497 e. The quantitative estimate of drug-likeness (QED) is 0.340. The summed E-state index contributed by atoms with van der Waals surface area (Å²) in [6, 6.07) is 7.78. The first-order valence-corrected chi connectivity index (χ1v) is 5.04. The first-order chi connectivity index (χ1) is 6.76. The molecule has 0 aliphatic heterocycles. The van der Waals surface area contributed by atoms with Gasteiger partial charge in [0.1, 0.15) is 5.75 Å². The van der Waals surface area contributed by atoms with Crippen LogP contribution in [-0.2, 0) is 5.75 Å². The van der Waals surface area contributed by atoms with Crippen LogP contribution in [0.5, 0.6) is 5.75 Å². The minimum atomic E-state index is 0.390. The van der Waals surface area contributed by atoms with Gasteiger partial charge in [0.2, 0.25) is 0 Å². The molecule has 0 aliphatic carbocycles. The van der Waals surface area contributed by atoms with E-state index in [0.29, 0.717) is 5.17 Å². The Balaban J connectivity index is 2.52. The molecule has 5 heteroatoms. The third kappa shape index (κ3) is 3.18. The summed E-state index contributed by atoms with van der Waals surface area (Å²) in [6.45, 7) is 0. The second kappa shape index (κ2) is 5.39. The highest BCUT2D eigenvalue weighted by molar-refractivity contribution is 8.13. The molecule has 0 saturated heterocycles. The number of rotatable bonds is 3. The number of hydrazone groups is 1. The molecule has 0 aliphatic rings. The van der Waals surface area contributed by atoms with Crippen LogP contribution in [0.15, 0.2) is 29.4 Å². The molecular weight excluding hydrogens is 198 g/mol. The maximum absolute atomic E-state index is 5.44. The number of thioether (sulfide) groups is 1. The molecule has 1 aromatic carbocycles. The number of hydrogen-bond donors (Lipinski definition) is 2. The fourth-order valence-electron chi connectivity index (χ4n) is 0.916. The molecule has 0 unspecified atom stereocenters. The molecule has 76 valence electrons. The van der Waals surface area contributed by atoms with Crippen molar-refractivity contribution in [3.8, 4) is 5.75 Å². The highest BCUT2D eigenvalue weighted by Gasteiger charge is 1.97. The van der Waals surface area contributed by atoms with Crippen molar-refractivity contribution in [1.82, 2.24) is 0 Å². The zero-order valence-corrected chi connectivity index (χ0v) is 8.75. The minimum absolute atomic E-state index is 0.390. The Morgan fingerprint density at radius 2 is 2.07 bits per heavy atom. The molecular formula is C9H13N3OS. The van der Waals surface area contributed by atoms with Gasteiger partial charge >= 0.3 is 0 Å². The van der Waals surface area contributed by atoms with Gasteiger partial charge in [0, 0.05) is 5.75 Å². The van der Waals surface area contributed by atoms with Gasteiger partial charge in [-0.15, -0.1) is 0 Å². The molecule has 1 aromatic rings. The Morgan fingerprint density at radius 3 is 2.57 bits per heavy atom. The van der Waals surface area contributed by atoms with Crippen LogP contribution in [0.2, 0.25) is 0 Å². The van der Waals surface area contributed by atoms with E-state index >= 15 is 0 Å². The summed E-state index contributed by atoms with van der Waals surface area (Å²) in [6.07, 6.45) is 0. The number of nitrogens with two attached hydrogens (primary N) is 2. The Bertz CT molecular complexity index is 310. The van der Waals surface area contributed by atoms with Crippen molar-refractivity contribution < 1.29 is 4.74 Å². The maximum Gasteiger partial charge on any atom is 0.177 e. The predicted octanol–water partition coefficient (Wildman–Crippen LogP) is 1.12. The van der Waals surface area contributed by atoms with E-state index < -0.39 is 0 Å². The van der Waals surface area contributed by atoms with Crippen LogP contribution < -0.4 is 16.3 Å². The van der Waals surface area contributed by atoms with Gasteiger partial charge < -0.3 is 16.3 Å². The lowest BCUT2D eigenvalue weighted by molar-refractivity contribution is 0.414. The Hall–Kier alpha value is -1.36. The fraction of sp³-hybridized carbons (Fsp3) is 0.222. The Labute approximate surface area is 87.3 Å². The van der Waals surface area contributed by atoms with E-state index in [9.17, 15) is 0 Å². The number of nitrogens with zero attached hydrogens (tertiary/aromatic N) is 1. The molecule has 0 bridgehead atoms. The molecule has 4 N–H and O–H groups in total. The van der Waals surface area contributed by atoms with E-state index in [1.807, 2.05) is 24.3 Å². The summed E-state index contributed by atoms with van der Waals surface area (Å²) >= 11 is 1.40. The summed E-state index contributed by atoms with van der Waals surface area (Å²) in [5.41, 5.74) is 6.60. The van der Waals surface area contributed by atoms with Crippen molar-refractivity contribution >= 4 is 16.9 Å². The van der Waals surface area contributed by atoms with Crippen LogP contribution in [-0.4, -0.2) is 12.3 Å². The van der Waals surface area contributed by atoms with E-state index in [-0.39, 0.29) is 0 Å². The fourth-order valence-corrected chi connectivity index (χ4v) is 1.50. The third-order valence-electron chi connectivity index (χ3n) is 1.67. The van der Waals surface area contributed by atoms with Gasteiger partial charge in [-0.25, -0.2) is 0 Å². The number of amidine groups is 1. The van der Waals surface area contributed by atoms with Crippen LogP contribution in [0.4, 0.5) is 0 Å². The van der Waals surface area contributed by atoms with Gasteiger partial charge in [-0.05, 0) is 17.7 Å². The number of ether oxygens (including phenoxy) is 1. The second-order valence-corrected chi connectivity index (χ2v) is 3.60. The van der Waals surface area contributed by atoms with Gasteiger partial charge in [-0.2, -0.15) is 5.10 Å². The first kappa shape index (κ1) is 10.7.